The van der Waals surface area contributed by atoms with Crippen molar-refractivity contribution < 1.29 is 24.0 Å². The summed E-state index contributed by atoms with van der Waals surface area (Å²) in [6, 6.07) is 1.56. The second kappa shape index (κ2) is 6.48. The third-order valence-corrected chi connectivity index (χ3v) is 2.17. The van der Waals surface area contributed by atoms with Crippen molar-refractivity contribution in [2.75, 3.05) is 6.61 Å². The average molecular weight is 269 g/mol. The van der Waals surface area contributed by atoms with E-state index in [9.17, 15) is 24.4 Å². The highest BCUT2D eigenvalue weighted by Crippen LogP contribution is 2.31. The number of phenolic OH excluding ortho intramolecular Hbond substituents is 1. The van der Waals surface area contributed by atoms with Crippen LogP contribution in [0.3, 0.4) is 0 Å². The van der Waals surface area contributed by atoms with Gasteiger partial charge < -0.3 is 9.84 Å². The van der Waals surface area contributed by atoms with Crippen LogP contribution in [0.2, 0.25) is 0 Å². The molecule has 19 heavy (non-hydrogen) atoms. The van der Waals surface area contributed by atoms with Crippen molar-refractivity contribution in [2.24, 2.45) is 0 Å². The predicted octanol–water partition coefficient (Wildman–Crippen LogP) is 2.41. The van der Waals surface area contributed by atoms with Gasteiger partial charge in [-0.15, -0.1) is 0 Å². The smallest absolute Gasteiger partial charge is 0.314 e. The molecule has 0 radical (unpaired) electrons. The fourth-order valence-corrected chi connectivity index (χ4v) is 1.37. The van der Waals surface area contributed by atoms with Crippen LogP contribution in [0.5, 0.6) is 5.75 Å². The molecule has 1 aromatic rings. The molecule has 0 fully saturated rings. The van der Waals surface area contributed by atoms with Gasteiger partial charge in [-0.2, -0.15) is 0 Å². The minimum Gasteiger partial charge on any atom is -0.502 e. The number of phenols is 1. The molecule has 0 aliphatic rings. The SMILES string of the molecule is CCOC(=O)CC=Cc1cc(F)cc([N+](=O)[O-])c1O. The zero-order chi connectivity index (χ0) is 14.4. The van der Waals surface area contributed by atoms with Gasteiger partial charge in [-0.1, -0.05) is 12.2 Å². The lowest BCUT2D eigenvalue weighted by Gasteiger charge is -2.01. The lowest BCUT2D eigenvalue weighted by atomic mass is 10.1. The maximum absolute atomic E-state index is 13.1. The van der Waals surface area contributed by atoms with E-state index in [1.54, 1.807) is 6.92 Å². The molecule has 0 amide bonds. The van der Waals surface area contributed by atoms with Gasteiger partial charge in [0.1, 0.15) is 5.82 Å². The molecule has 0 aromatic heterocycles. The normalized spacial score (nSPS) is 10.6. The first-order valence-corrected chi connectivity index (χ1v) is 5.44. The van der Waals surface area contributed by atoms with E-state index >= 15 is 0 Å². The summed E-state index contributed by atoms with van der Waals surface area (Å²) >= 11 is 0. The summed E-state index contributed by atoms with van der Waals surface area (Å²) in [7, 11) is 0. The van der Waals surface area contributed by atoms with Crippen LogP contribution >= 0.6 is 0 Å². The quantitative estimate of drug-likeness (QED) is 0.503. The van der Waals surface area contributed by atoms with Crippen LogP contribution in [0.1, 0.15) is 18.9 Å². The van der Waals surface area contributed by atoms with Crippen LogP contribution in [0.15, 0.2) is 18.2 Å². The Labute approximate surface area is 108 Å². The molecule has 1 aromatic carbocycles. The average Bonchev–Trinajstić information content (AvgIpc) is 2.33. The van der Waals surface area contributed by atoms with E-state index in [-0.39, 0.29) is 18.6 Å². The molecular weight excluding hydrogens is 257 g/mol. The van der Waals surface area contributed by atoms with E-state index in [1.807, 2.05) is 0 Å². The van der Waals surface area contributed by atoms with E-state index < -0.39 is 28.1 Å². The van der Waals surface area contributed by atoms with Crippen molar-refractivity contribution in [3.63, 3.8) is 0 Å². The lowest BCUT2D eigenvalue weighted by molar-refractivity contribution is -0.386. The van der Waals surface area contributed by atoms with Crippen molar-refractivity contribution in [1.29, 1.82) is 0 Å². The highest BCUT2D eigenvalue weighted by molar-refractivity contribution is 5.73. The Morgan fingerprint density at radius 2 is 2.26 bits per heavy atom. The third-order valence-electron chi connectivity index (χ3n) is 2.17. The number of carbonyl (C=O) groups excluding carboxylic acids is 1. The first-order chi connectivity index (χ1) is 8.95. The largest absolute Gasteiger partial charge is 0.502 e. The van der Waals surface area contributed by atoms with E-state index in [0.717, 1.165) is 6.07 Å². The molecular formula is C12H12FNO5. The highest BCUT2D eigenvalue weighted by atomic mass is 19.1. The lowest BCUT2D eigenvalue weighted by Crippen LogP contribution is -2.01. The van der Waals surface area contributed by atoms with E-state index in [4.69, 9.17) is 0 Å². The topological polar surface area (TPSA) is 89.7 Å². The number of carbonyl (C=O) groups is 1. The molecule has 0 unspecified atom stereocenters. The monoisotopic (exact) mass is 269 g/mol. The summed E-state index contributed by atoms with van der Waals surface area (Å²) in [5.74, 6) is -1.98. The molecule has 0 aliphatic carbocycles. The van der Waals surface area contributed by atoms with Gasteiger partial charge in [0.15, 0.2) is 0 Å². The molecule has 0 aliphatic heterocycles. The van der Waals surface area contributed by atoms with Crippen LogP contribution in [-0.2, 0) is 9.53 Å². The first-order valence-electron chi connectivity index (χ1n) is 5.44. The molecule has 102 valence electrons. The summed E-state index contributed by atoms with van der Waals surface area (Å²) in [6.07, 6.45) is 2.48. The number of rotatable bonds is 5. The minimum atomic E-state index is -0.888. The second-order valence-corrected chi connectivity index (χ2v) is 3.53. The maximum atomic E-state index is 13.1. The fraction of sp³-hybridized carbons (Fsp3) is 0.250. The standard InChI is InChI=1S/C12H12FNO5/c1-2-19-11(15)5-3-4-8-6-9(13)7-10(12(8)16)14(17)18/h3-4,6-7,16H,2,5H2,1H3. The molecule has 0 heterocycles. The fourth-order valence-electron chi connectivity index (χ4n) is 1.37. The molecule has 0 bridgehead atoms. The van der Waals surface area contributed by atoms with Crippen LogP contribution in [0.4, 0.5) is 10.1 Å². The molecule has 0 atom stereocenters. The van der Waals surface area contributed by atoms with E-state index in [2.05, 4.69) is 4.74 Å². The molecule has 1 N–H and O–H groups in total. The van der Waals surface area contributed by atoms with Crippen LogP contribution in [-0.4, -0.2) is 22.6 Å². The van der Waals surface area contributed by atoms with Crippen LogP contribution in [0, 0.1) is 15.9 Å². The van der Waals surface area contributed by atoms with E-state index in [1.165, 1.54) is 12.2 Å². The zero-order valence-electron chi connectivity index (χ0n) is 10.1. The van der Waals surface area contributed by atoms with Crippen molar-refractivity contribution in [3.8, 4) is 5.75 Å². The molecule has 7 heteroatoms. The van der Waals surface area contributed by atoms with Crippen molar-refractivity contribution in [1.82, 2.24) is 0 Å². The molecule has 6 nitrogen and oxygen atoms in total. The number of aromatic hydroxyl groups is 1. The van der Waals surface area contributed by atoms with Gasteiger partial charge in [0.2, 0.25) is 5.75 Å². The minimum absolute atomic E-state index is 0.0718. The third kappa shape index (κ3) is 4.06. The zero-order valence-corrected chi connectivity index (χ0v) is 10.1. The van der Waals surface area contributed by atoms with Gasteiger partial charge in [0.25, 0.3) is 0 Å². The maximum Gasteiger partial charge on any atom is 0.314 e. The number of hydrogen-bond donors (Lipinski definition) is 1. The number of halogens is 1. The molecule has 0 saturated carbocycles. The molecule has 0 saturated heterocycles. The first kappa shape index (κ1) is 14.6. The Bertz CT molecular complexity index is 527. The number of esters is 1. The molecule has 1 rings (SSSR count). The molecule has 0 spiro atoms. The predicted molar refractivity (Wildman–Crippen MR) is 65.0 cm³/mol. The number of ether oxygens (including phenoxy) is 1. The Morgan fingerprint density at radius 3 is 2.84 bits per heavy atom. The van der Waals surface area contributed by atoms with Gasteiger partial charge >= 0.3 is 11.7 Å². The Morgan fingerprint density at radius 1 is 1.58 bits per heavy atom. The van der Waals surface area contributed by atoms with Gasteiger partial charge in [-0.05, 0) is 13.0 Å². The highest BCUT2D eigenvalue weighted by Gasteiger charge is 2.17. The Hall–Kier alpha value is -2.44. The summed E-state index contributed by atoms with van der Waals surface area (Å²) in [5, 5.41) is 20.2. The number of nitro groups is 1. The summed E-state index contributed by atoms with van der Waals surface area (Å²) in [6.45, 7) is 1.90. The van der Waals surface area contributed by atoms with Crippen molar-refractivity contribution >= 4 is 17.7 Å². The number of hydrogen-bond acceptors (Lipinski definition) is 5. The van der Waals surface area contributed by atoms with E-state index in [0.29, 0.717) is 6.07 Å². The van der Waals surface area contributed by atoms with Gasteiger partial charge in [-0.3, -0.25) is 14.9 Å². The van der Waals surface area contributed by atoms with Gasteiger partial charge in [-0.25, -0.2) is 4.39 Å². The van der Waals surface area contributed by atoms with Gasteiger partial charge in [0.05, 0.1) is 24.0 Å². The summed E-state index contributed by atoms with van der Waals surface area (Å²) in [4.78, 5) is 20.7. The summed E-state index contributed by atoms with van der Waals surface area (Å²) in [5.41, 5.74) is -0.799. The second-order valence-electron chi connectivity index (χ2n) is 3.53. The van der Waals surface area contributed by atoms with Crippen molar-refractivity contribution in [2.45, 2.75) is 13.3 Å². The van der Waals surface area contributed by atoms with Crippen LogP contribution in [0.25, 0.3) is 6.08 Å². The Balaban J connectivity index is 2.92. The van der Waals surface area contributed by atoms with Crippen molar-refractivity contribution in [3.05, 3.63) is 39.7 Å². The number of benzene rings is 1. The Kier molecular flexibility index (Phi) is 4.99. The van der Waals surface area contributed by atoms with Crippen LogP contribution < -0.4 is 0 Å². The number of nitrogens with zero attached hydrogens (tertiary/aromatic N) is 1. The van der Waals surface area contributed by atoms with Gasteiger partial charge in [0, 0.05) is 5.56 Å². The number of nitro benzene ring substituents is 1. The summed E-state index contributed by atoms with van der Waals surface area (Å²) < 4.78 is 17.8.